The summed E-state index contributed by atoms with van der Waals surface area (Å²) < 4.78 is 0. The second-order valence-corrected chi connectivity index (χ2v) is 7.40. The molecule has 0 aliphatic heterocycles. The van der Waals surface area contributed by atoms with Crippen LogP contribution in [0, 0.1) is 11.3 Å². The molecule has 1 aliphatic rings. The summed E-state index contributed by atoms with van der Waals surface area (Å²) >= 11 is 0. The number of hydrogen-bond donors (Lipinski definition) is 3. The van der Waals surface area contributed by atoms with Crippen molar-refractivity contribution in [2.75, 3.05) is 6.54 Å². The topological polar surface area (TPSA) is 78.4 Å². The van der Waals surface area contributed by atoms with Crippen molar-refractivity contribution >= 4 is 12.0 Å². The van der Waals surface area contributed by atoms with Crippen molar-refractivity contribution in [3.05, 3.63) is 0 Å². The molecular weight excluding hydrogens is 268 g/mol. The lowest BCUT2D eigenvalue weighted by molar-refractivity contribution is -0.137. The number of nitrogens with one attached hydrogen (secondary N) is 2. The molecule has 0 aromatic carbocycles. The van der Waals surface area contributed by atoms with Gasteiger partial charge in [-0.3, -0.25) is 4.79 Å². The first-order valence-electron chi connectivity index (χ1n) is 8.02. The number of hydrogen-bond acceptors (Lipinski definition) is 2. The highest BCUT2D eigenvalue weighted by Crippen LogP contribution is 2.27. The van der Waals surface area contributed by atoms with Crippen LogP contribution in [0.1, 0.15) is 65.7 Å². The molecule has 5 heteroatoms. The van der Waals surface area contributed by atoms with Gasteiger partial charge >= 0.3 is 12.0 Å². The summed E-state index contributed by atoms with van der Waals surface area (Å²) in [7, 11) is 0. The van der Waals surface area contributed by atoms with E-state index in [0.717, 1.165) is 12.3 Å². The van der Waals surface area contributed by atoms with E-state index >= 15 is 0 Å². The zero-order chi connectivity index (χ0) is 15.9. The zero-order valence-corrected chi connectivity index (χ0v) is 13.6. The lowest BCUT2D eigenvalue weighted by Crippen LogP contribution is -2.45. The first-order chi connectivity index (χ1) is 9.76. The summed E-state index contributed by atoms with van der Waals surface area (Å²) in [6, 6.07) is -0.572. The minimum atomic E-state index is -0.879. The third-order valence-electron chi connectivity index (χ3n) is 3.93. The molecule has 1 saturated carbocycles. The van der Waals surface area contributed by atoms with Gasteiger partial charge in [0.25, 0.3) is 0 Å². The maximum absolute atomic E-state index is 11.9. The molecule has 0 heterocycles. The highest BCUT2D eigenvalue weighted by Gasteiger charge is 2.23. The Hall–Kier alpha value is -1.26. The van der Waals surface area contributed by atoms with E-state index in [0.29, 0.717) is 13.0 Å². The fourth-order valence-corrected chi connectivity index (χ4v) is 3.05. The number of rotatable bonds is 7. The Labute approximate surface area is 127 Å². The van der Waals surface area contributed by atoms with Gasteiger partial charge in [-0.25, -0.2) is 4.79 Å². The minimum absolute atomic E-state index is 0.0166. The van der Waals surface area contributed by atoms with Crippen LogP contribution in [-0.4, -0.2) is 29.7 Å². The Morgan fingerprint density at radius 3 is 2.38 bits per heavy atom. The minimum Gasteiger partial charge on any atom is -0.481 e. The van der Waals surface area contributed by atoms with Crippen LogP contribution >= 0.6 is 0 Å². The molecule has 0 spiro atoms. The van der Waals surface area contributed by atoms with Crippen LogP contribution in [0.3, 0.4) is 0 Å². The van der Waals surface area contributed by atoms with E-state index < -0.39 is 5.97 Å². The molecule has 0 aromatic heterocycles. The Morgan fingerprint density at radius 1 is 1.24 bits per heavy atom. The molecule has 0 aromatic rings. The summed E-state index contributed by atoms with van der Waals surface area (Å²) in [6.45, 7) is 6.80. The van der Waals surface area contributed by atoms with Gasteiger partial charge in [0, 0.05) is 12.6 Å². The molecule has 2 amide bonds. The molecule has 1 aliphatic carbocycles. The molecular formula is C16H30N2O3. The van der Waals surface area contributed by atoms with Crippen LogP contribution in [0.5, 0.6) is 0 Å². The summed E-state index contributed by atoms with van der Waals surface area (Å²) in [5.41, 5.74) is -0.0166. The average molecular weight is 298 g/mol. The second-order valence-electron chi connectivity index (χ2n) is 7.40. The highest BCUT2D eigenvalue weighted by molar-refractivity contribution is 5.75. The molecule has 0 bridgehead atoms. The van der Waals surface area contributed by atoms with Gasteiger partial charge in [0.1, 0.15) is 0 Å². The fourth-order valence-electron chi connectivity index (χ4n) is 3.05. The lowest BCUT2D eigenvalue weighted by atomic mass is 9.87. The van der Waals surface area contributed by atoms with Crippen molar-refractivity contribution in [2.24, 2.45) is 11.3 Å². The summed E-state index contributed by atoms with van der Waals surface area (Å²) in [6.07, 6.45) is 6.80. The number of carboxylic acid groups (broad SMARTS) is 1. The van der Waals surface area contributed by atoms with Crippen LogP contribution in [0.15, 0.2) is 0 Å². The maximum Gasteiger partial charge on any atom is 0.315 e. The molecule has 5 nitrogen and oxygen atoms in total. The number of carbonyl (C=O) groups is 2. The maximum atomic E-state index is 11.9. The number of aliphatic carboxylic acids is 1. The zero-order valence-electron chi connectivity index (χ0n) is 13.6. The van der Waals surface area contributed by atoms with Gasteiger partial charge in [0.15, 0.2) is 0 Å². The molecule has 1 unspecified atom stereocenters. The van der Waals surface area contributed by atoms with E-state index in [9.17, 15) is 9.59 Å². The lowest BCUT2D eigenvalue weighted by Gasteiger charge is -2.26. The average Bonchev–Trinajstić information content (AvgIpc) is 2.78. The standard InChI is InChI=1S/C16H30N2O3/c1-16(2,3)11-13(10-14(19)20)18-15(21)17-9-8-12-6-4-5-7-12/h12-13H,4-11H2,1-3H3,(H,19,20)(H2,17,18,21). The molecule has 1 atom stereocenters. The molecule has 1 fully saturated rings. The summed E-state index contributed by atoms with van der Waals surface area (Å²) in [5.74, 6) is -0.134. The van der Waals surface area contributed by atoms with Gasteiger partial charge in [-0.05, 0) is 24.2 Å². The predicted molar refractivity (Wildman–Crippen MR) is 83.2 cm³/mol. The van der Waals surface area contributed by atoms with Crippen LogP contribution in [0.25, 0.3) is 0 Å². The largest absolute Gasteiger partial charge is 0.481 e. The van der Waals surface area contributed by atoms with E-state index in [1.54, 1.807) is 0 Å². The summed E-state index contributed by atoms with van der Waals surface area (Å²) in [4.78, 5) is 22.8. The first-order valence-corrected chi connectivity index (χ1v) is 8.02. The number of carboxylic acids is 1. The van der Waals surface area contributed by atoms with Gasteiger partial charge in [-0.15, -0.1) is 0 Å². The Bertz CT molecular complexity index is 344. The summed E-state index contributed by atoms with van der Waals surface area (Å²) in [5, 5.41) is 14.6. The van der Waals surface area contributed by atoms with Crippen LogP contribution in [-0.2, 0) is 4.79 Å². The predicted octanol–water partition coefficient (Wildman–Crippen LogP) is 3.15. The van der Waals surface area contributed by atoms with E-state index in [1.807, 2.05) is 20.8 Å². The van der Waals surface area contributed by atoms with Crippen molar-refractivity contribution in [3.63, 3.8) is 0 Å². The molecule has 122 valence electrons. The SMILES string of the molecule is CC(C)(C)CC(CC(=O)O)NC(=O)NCCC1CCCC1. The van der Waals surface area contributed by atoms with Crippen LogP contribution in [0.2, 0.25) is 0 Å². The van der Waals surface area contributed by atoms with E-state index in [-0.39, 0.29) is 23.9 Å². The van der Waals surface area contributed by atoms with Gasteiger partial charge < -0.3 is 15.7 Å². The van der Waals surface area contributed by atoms with Crippen molar-refractivity contribution in [1.82, 2.24) is 10.6 Å². The highest BCUT2D eigenvalue weighted by atomic mass is 16.4. The van der Waals surface area contributed by atoms with Gasteiger partial charge in [0.2, 0.25) is 0 Å². The number of carbonyl (C=O) groups excluding carboxylic acids is 1. The molecule has 3 N–H and O–H groups in total. The van der Waals surface area contributed by atoms with Crippen LogP contribution in [0.4, 0.5) is 4.79 Å². The van der Waals surface area contributed by atoms with E-state index in [4.69, 9.17) is 5.11 Å². The second kappa shape index (κ2) is 8.25. The van der Waals surface area contributed by atoms with Crippen molar-refractivity contribution < 1.29 is 14.7 Å². The number of urea groups is 1. The van der Waals surface area contributed by atoms with E-state index in [1.165, 1.54) is 25.7 Å². The molecule has 1 rings (SSSR count). The van der Waals surface area contributed by atoms with Crippen molar-refractivity contribution in [2.45, 2.75) is 71.8 Å². The third kappa shape index (κ3) is 8.58. The number of amides is 2. The van der Waals surface area contributed by atoms with Crippen molar-refractivity contribution in [3.8, 4) is 0 Å². The quantitative estimate of drug-likeness (QED) is 0.675. The third-order valence-corrected chi connectivity index (χ3v) is 3.93. The van der Waals surface area contributed by atoms with E-state index in [2.05, 4.69) is 10.6 Å². The molecule has 21 heavy (non-hydrogen) atoms. The van der Waals surface area contributed by atoms with Crippen LogP contribution < -0.4 is 10.6 Å². The smallest absolute Gasteiger partial charge is 0.315 e. The van der Waals surface area contributed by atoms with Gasteiger partial charge in [-0.2, -0.15) is 0 Å². The Morgan fingerprint density at radius 2 is 1.86 bits per heavy atom. The molecule has 0 radical (unpaired) electrons. The Balaban J connectivity index is 2.30. The normalized spacial score (nSPS) is 17.5. The molecule has 0 saturated heterocycles. The monoisotopic (exact) mass is 298 g/mol. The van der Waals surface area contributed by atoms with Gasteiger partial charge in [0.05, 0.1) is 6.42 Å². The van der Waals surface area contributed by atoms with Gasteiger partial charge in [-0.1, -0.05) is 46.5 Å². The Kier molecular flexibility index (Phi) is 6.99. The van der Waals surface area contributed by atoms with Crippen molar-refractivity contribution in [1.29, 1.82) is 0 Å². The first kappa shape index (κ1) is 17.8. The fraction of sp³-hybridized carbons (Fsp3) is 0.875.